The predicted octanol–water partition coefficient (Wildman–Crippen LogP) is 1.54. The molecule has 6 nitrogen and oxygen atoms in total. The number of aliphatic hydroxyl groups excluding tert-OH is 1. The number of aromatic carboxylic acids is 1. The lowest BCUT2D eigenvalue weighted by Gasteiger charge is -2.17. The Bertz CT molecular complexity index is 723. The fraction of sp³-hybridized carbons (Fsp3) is 0.294. The van der Waals surface area contributed by atoms with Crippen LogP contribution in [-0.2, 0) is 6.54 Å². The molecule has 126 valence electrons. The molecule has 0 radical (unpaired) electrons. The molecule has 0 unspecified atom stereocenters. The van der Waals surface area contributed by atoms with Crippen molar-refractivity contribution >= 4 is 5.97 Å². The molecule has 7 heteroatoms. The van der Waals surface area contributed by atoms with Gasteiger partial charge in [0.25, 0.3) is 0 Å². The first kappa shape index (κ1) is 16.4. The molecule has 2 N–H and O–H groups in total. The Morgan fingerprint density at radius 3 is 2.88 bits per heavy atom. The molecule has 2 atom stereocenters. The van der Waals surface area contributed by atoms with Crippen molar-refractivity contribution in [3.05, 3.63) is 59.7 Å². The maximum absolute atomic E-state index is 12.9. The average molecular weight is 332 g/mol. The number of β-amino-alcohol motifs (C(OH)–C–C–N with tert-alkyl or cyclic N) is 1. The van der Waals surface area contributed by atoms with Crippen LogP contribution in [0, 0.1) is 5.82 Å². The standard InChI is InChI=1S/C17H17FN2O4/c18-12-4-5-13(19-7-12)8-20-9-15(21)16(10-20)24-14-3-1-2-11(6-14)17(22)23/h1-7,15-16,21H,8-10H2,(H,22,23)/t15-,16-/m1/s1. The summed E-state index contributed by atoms with van der Waals surface area (Å²) < 4.78 is 18.6. The van der Waals surface area contributed by atoms with Gasteiger partial charge < -0.3 is 14.9 Å². The largest absolute Gasteiger partial charge is 0.486 e. The number of rotatable bonds is 5. The van der Waals surface area contributed by atoms with Gasteiger partial charge in [0, 0.05) is 19.6 Å². The van der Waals surface area contributed by atoms with E-state index < -0.39 is 18.2 Å². The van der Waals surface area contributed by atoms with E-state index in [2.05, 4.69) is 4.98 Å². The van der Waals surface area contributed by atoms with Crippen molar-refractivity contribution in [2.75, 3.05) is 13.1 Å². The normalized spacial score (nSPS) is 20.9. The van der Waals surface area contributed by atoms with Crippen molar-refractivity contribution in [2.45, 2.75) is 18.8 Å². The van der Waals surface area contributed by atoms with Gasteiger partial charge in [-0.05, 0) is 30.3 Å². The maximum atomic E-state index is 12.9. The smallest absolute Gasteiger partial charge is 0.335 e. The summed E-state index contributed by atoms with van der Waals surface area (Å²) in [5.74, 6) is -1.02. The van der Waals surface area contributed by atoms with Gasteiger partial charge in [-0.1, -0.05) is 6.07 Å². The molecule has 0 saturated carbocycles. The lowest BCUT2D eigenvalue weighted by atomic mass is 10.2. The van der Waals surface area contributed by atoms with Crippen LogP contribution >= 0.6 is 0 Å². The fourth-order valence-electron chi connectivity index (χ4n) is 2.68. The minimum absolute atomic E-state index is 0.132. The maximum Gasteiger partial charge on any atom is 0.335 e. The molecule has 1 saturated heterocycles. The number of hydrogen-bond acceptors (Lipinski definition) is 5. The van der Waals surface area contributed by atoms with E-state index in [1.165, 1.54) is 18.2 Å². The van der Waals surface area contributed by atoms with Gasteiger partial charge in [-0.25, -0.2) is 9.18 Å². The Balaban J connectivity index is 1.62. The Morgan fingerprint density at radius 1 is 1.33 bits per heavy atom. The lowest BCUT2D eigenvalue weighted by molar-refractivity contribution is 0.0688. The van der Waals surface area contributed by atoms with Gasteiger partial charge in [0.1, 0.15) is 23.8 Å². The Kier molecular flexibility index (Phi) is 4.73. The first-order valence-electron chi connectivity index (χ1n) is 7.52. The SMILES string of the molecule is O=C(O)c1cccc(O[C@@H]2CN(Cc3ccc(F)cn3)C[C@H]2O)c1. The third-order valence-electron chi connectivity index (χ3n) is 3.86. The average Bonchev–Trinajstić information content (AvgIpc) is 2.89. The first-order valence-corrected chi connectivity index (χ1v) is 7.52. The Hall–Kier alpha value is -2.51. The second kappa shape index (κ2) is 6.94. The number of benzene rings is 1. The van der Waals surface area contributed by atoms with Crippen molar-refractivity contribution in [3.8, 4) is 5.75 Å². The Labute approximate surface area is 138 Å². The monoisotopic (exact) mass is 332 g/mol. The third kappa shape index (κ3) is 3.87. The first-order chi connectivity index (χ1) is 11.5. The molecule has 0 aliphatic carbocycles. The number of nitrogens with zero attached hydrogens (tertiary/aromatic N) is 2. The summed E-state index contributed by atoms with van der Waals surface area (Å²) in [6, 6.07) is 9.11. The lowest BCUT2D eigenvalue weighted by Crippen LogP contribution is -2.30. The number of hydrogen-bond donors (Lipinski definition) is 2. The van der Waals surface area contributed by atoms with Gasteiger partial charge in [-0.15, -0.1) is 0 Å². The molecule has 1 aliphatic heterocycles. The molecule has 3 rings (SSSR count). The minimum atomic E-state index is -1.03. The van der Waals surface area contributed by atoms with Crippen molar-refractivity contribution in [1.29, 1.82) is 0 Å². The molecule has 1 fully saturated rings. The molecule has 0 spiro atoms. The zero-order valence-electron chi connectivity index (χ0n) is 12.8. The van der Waals surface area contributed by atoms with Crippen molar-refractivity contribution in [1.82, 2.24) is 9.88 Å². The van der Waals surface area contributed by atoms with E-state index in [-0.39, 0.29) is 11.4 Å². The van der Waals surface area contributed by atoms with Gasteiger partial charge in [-0.2, -0.15) is 0 Å². The fourth-order valence-corrected chi connectivity index (χ4v) is 2.68. The van der Waals surface area contributed by atoms with Crippen LogP contribution in [-0.4, -0.2) is 51.4 Å². The highest BCUT2D eigenvalue weighted by Crippen LogP contribution is 2.21. The van der Waals surface area contributed by atoms with Crippen LogP contribution in [0.3, 0.4) is 0 Å². The Morgan fingerprint density at radius 2 is 2.17 bits per heavy atom. The van der Waals surface area contributed by atoms with Crippen molar-refractivity contribution in [2.24, 2.45) is 0 Å². The highest BCUT2D eigenvalue weighted by atomic mass is 19.1. The van der Waals surface area contributed by atoms with Crippen LogP contribution in [0.15, 0.2) is 42.6 Å². The number of aliphatic hydroxyl groups is 1. The molecular formula is C17H17FN2O4. The summed E-state index contributed by atoms with van der Waals surface area (Å²) in [4.78, 5) is 16.9. The van der Waals surface area contributed by atoms with Gasteiger partial charge in [0.05, 0.1) is 17.5 Å². The van der Waals surface area contributed by atoms with E-state index >= 15 is 0 Å². The van der Waals surface area contributed by atoms with Crippen LogP contribution in [0.2, 0.25) is 0 Å². The van der Waals surface area contributed by atoms with Crippen LogP contribution in [0.4, 0.5) is 4.39 Å². The number of halogens is 1. The zero-order chi connectivity index (χ0) is 17.1. The zero-order valence-corrected chi connectivity index (χ0v) is 12.8. The van der Waals surface area contributed by atoms with E-state index in [4.69, 9.17) is 9.84 Å². The van der Waals surface area contributed by atoms with Crippen molar-refractivity contribution < 1.29 is 24.1 Å². The van der Waals surface area contributed by atoms with Gasteiger partial charge >= 0.3 is 5.97 Å². The molecule has 2 aromatic rings. The molecule has 0 amide bonds. The van der Waals surface area contributed by atoms with Gasteiger partial charge in [0.15, 0.2) is 0 Å². The highest BCUT2D eigenvalue weighted by Gasteiger charge is 2.33. The summed E-state index contributed by atoms with van der Waals surface area (Å²) in [5.41, 5.74) is 0.837. The molecule has 1 aromatic heterocycles. The van der Waals surface area contributed by atoms with Crippen LogP contribution < -0.4 is 4.74 Å². The number of carboxylic acids is 1. The number of aromatic nitrogens is 1. The summed E-state index contributed by atoms with van der Waals surface area (Å²) in [6.07, 6.45) is 0.00107. The number of likely N-dealkylation sites (tertiary alicyclic amines) is 1. The number of carboxylic acid groups (broad SMARTS) is 1. The topological polar surface area (TPSA) is 82.9 Å². The summed E-state index contributed by atoms with van der Waals surface area (Å²) in [7, 11) is 0. The number of carbonyl (C=O) groups is 1. The van der Waals surface area contributed by atoms with E-state index in [1.807, 2.05) is 4.90 Å². The molecule has 1 aliphatic rings. The predicted molar refractivity (Wildman–Crippen MR) is 83.3 cm³/mol. The van der Waals surface area contributed by atoms with Crippen molar-refractivity contribution in [3.63, 3.8) is 0 Å². The quantitative estimate of drug-likeness (QED) is 0.864. The van der Waals surface area contributed by atoms with E-state index in [1.54, 1.807) is 18.2 Å². The highest BCUT2D eigenvalue weighted by molar-refractivity contribution is 5.88. The molecule has 1 aromatic carbocycles. The molecule has 24 heavy (non-hydrogen) atoms. The second-order valence-electron chi connectivity index (χ2n) is 5.72. The molecule has 0 bridgehead atoms. The summed E-state index contributed by atoms with van der Waals surface area (Å²) >= 11 is 0. The van der Waals surface area contributed by atoms with Crippen LogP contribution in [0.5, 0.6) is 5.75 Å². The number of pyridine rings is 1. The van der Waals surface area contributed by atoms with Gasteiger partial charge in [-0.3, -0.25) is 9.88 Å². The minimum Gasteiger partial charge on any atom is -0.486 e. The van der Waals surface area contributed by atoms with Crippen LogP contribution in [0.25, 0.3) is 0 Å². The van der Waals surface area contributed by atoms with Gasteiger partial charge in [0.2, 0.25) is 0 Å². The third-order valence-corrected chi connectivity index (χ3v) is 3.86. The van der Waals surface area contributed by atoms with Crippen LogP contribution in [0.1, 0.15) is 16.1 Å². The summed E-state index contributed by atoms with van der Waals surface area (Å²) in [6.45, 7) is 1.35. The molecular weight excluding hydrogens is 315 g/mol. The van der Waals surface area contributed by atoms with E-state index in [0.29, 0.717) is 31.1 Å². The second-order valence-corrected chi connectivity index (χ2v) is 5.72. The van der Waals surface area contributed by atoms with E-state index in [9.17, 15) is 14.3 Å². The molecule has 2 heterocycles. The summed E-state index contributed by atoms with van der Waals surface area (Å²) in [5, 5.41) is 19.2. The van der Waals surface area contributed by atoms with E-state index in [0.717, 1.165) is 6.20 Å². The number of ether oxygens (including phenoxy) is 1.